The number of aromatic nitrogens is 2. The Morgan fingerprint density at radius 2 is 1.71 bits per heavy atom. The number of piperazine rings is 1. The summed E-state index contributed by atoms with van der Waals surface area (Å²) in [4.78, 5) is 12.8. The number of rotatable bonds is 3. The molecule has 1 atom stereocenters. The first-order valence-electron chi connectivity index (χ1n) is 8.64. The second kappa shape index (κ2) is 6.38. The lowest BCUT2D eigenvalue weighted by Crippen LogP contribution is -2.46. The fraction of sp³-hybridized carbons (Fsp3) is 0.350. The Morgan fingerprint density at radius 1 is 1.00 bits per heavy atom. The van der Waals surface area contributed by atoms with E-state index in [0.29, 0.717) is 0 Å². The van der Waals surface area contributed by atoms with Gasteiger partial charge >= 0.3 is 0 Å². The average molecular weight is 320 g/mol. The normalized spacial score (nSPS) is 18.1. The van der Waals surface area contributed by atoms with E-state index >= 15 is 0 Å². The van der Waals surface area contributed by atoms with Gasteiger partial charge in [0.25, 0.3) is 0 Å². The first kappa shape index (κ1) is 15.4. The number of benzene rings is 1. The lowest BCUT2D eigenvalue weighted by Gasteiger charge is -2.38. The van der Waals surface area contributed by atoms with Crippen molar-refractivity contribution in [3.05, 3.63) is 65.6 Å². The number of aromatic amines is 1. The molecular weight excluding hydrogens is 296 g/mol. The molecular formula is C20H24N4. The van der Waals surface area contributed by atoms with Crippen molar-refractivity contribution in [3.63, 3.8) is 0 Å². The predicted octanol–water partition coefficient (Wildman–Crippen LogP) is 3.21. The Bertz CT molecular complexity index is 816. The van der Waals surface area contributed by atoms with Gasteiger partial charge in [-0.25, -0.2) is 0 Å². The minimum Gasteiger partial charge on any atom is -0.358 e. The van der Waals surface area contributed by atoms with Gasteiger partial charge in [-0.1, -0.05) is 18.2 Å². The van der Waals surface area contributed by atoms with Gasteiger partial charge in [-0.3, -0.25) is 9.88 Å². The van der Waals surface area contributed by atoms with E-state index in [1.54, 1.807) is 0 Å². The monoisotopic (exact) mass is 320 g/mol. The second-order valence-electron chi connectivity index (χ2n) is 6.73. The van der Waals surface area contributed by atoms with Crippen LogP contribution in [0.1, 0.15) is 22.9 Å². The average Bonchev–Trinajstić information content (AvgIpc) is 2.94. The minimum atomic E-state index is 0.276. The standard InChI is InChI=1S/C20H24N4/c1-15-19(17-5-3-4-6-18(17)22-15)20(16-7-9-21-10-8-16)24-13-11-23(2)12-14-24/h3-10,20,22H,11-14H2,1-2H3. The molecule has 1 aliphatic rings. The van der Waals surface area contributed by atoms with Crippen LogP contribution in [0.15, 0.2) is 48.8 Å². The Balaban J connectivity index is 1.84. The van der Waals surface area contributed by atoms with Crippen LogP contribution in [0.2, 0.25) is 0 Å². The highest BCUT2D eigenvalue weighted by Crippen LogP contribution is 2.36. The van der Waals surface area contributed by atoms with E-state index < -0.39 is 0 Å². The van der Waals surface area contributed by atoms with Gasteiger partial charge in [0.15, 0.2) is 0 Å². The number of hydrogen-bond acceptors (Lipinski definition) is 3. The number of aryl methyl sites for hydroxylation is 1. The molecule has 24 heavy (non-hydrogen) atoms. The van der Waals surface area contributed by atoms with Gasteiger partial charge in [0.2, 0.25) is 0 Å². The summed E-state index contributed by atoms with van der Waals surface area (Å²) < 4.78 is 0. The third-order valence-corrected chi connectivity index (χ3v) is 5.14. The molecule has 2 aromatic heterocycles. The summed E-state index contributed by atoms with van der Waals surface area (Å²) in [6.45, 7) is 6.59. The highest BCUT2D eigenvalue weighted by atomic mass is 15.3. The summed E-state index contributed by atoms with van der Waals surface area (Å²) >= 11 is 0. The number of nitrogens with one attached hydrogen (secondary N) is 1. The second-order valence-corrected chi connectivity index (χ2v) is 6.73. The lowest BCUT2D eigenvalue weighted by molar-refractivity contribution is 0.127. The molecule has 1 fully saturated rings. The van der Waals surface area contributed by atoms with Gasteiger partial charge in [-0.2, -0.15) is 0 Å². The zero-order valence-corrected chi connectivity index (χ0v) is 14.4. The van der Waals surface area contributed by atoms with Crippen molar-refractivity contribution in [1.29, 1.82) is 0 Å². The fourth-order valence-electron chi connectivity index (χ4n) is 3.84. The van der Waals surface area contributed by atoms with Gasteiger partial charge in [0, 0.05) is 60.7 Å². The minimum absolute atomic E-state index is 0.276. The molecule has 0 bridgehead atoms. The summed E-state index contributed by atoms with van der Waals surface area (Å²) in [6.07, 6.45) is 3.81. The van der Waals surface area contributed by atoms with Crippen LogP contribution >= 0.6 is 0 Å². The van der Waals surface area contributed by atoms with Crippen molar-refractivity contribution < 1.29 is 0 Å². The highest BCUT2D eigenvalue weighted by Gasteiger charge is 2.28. The number of nitrogens with zero attached hydrogens (tertiary/aromatic N) is 3. The molecule has 1 saturated heterocycles. The Labute approximate surface area is 143 Å². The van der Waals surface area contributed by atoms with E-state index in [0.717, 1.165) is 26.2 Å². The molecule has 0 saturated carbocycles. The number of likely N-dealkylation sites (N-methyl/N-ethyl adjacent to an activating group) is 1. The van der Waals surface area contributed by atoms with Crippen molar-refractivity contribution in [1.82, 2.24) is 19.8 Å². The Morgan fingerprint density at radius 3 is 2.46 bits per heavy atom. The first-order chi connectivity index (χ1) is 11.7. The summed E-state index contributed by atoms with van der Waals surface area (Å²) in [6, 6.07) is 13.2. The van der Waals surface area contributed by atoms with Crippen molar-refractivity contribution in [2.45, 2.75) is 13.0 Å². The summed E-state index contributed by atoms with van der Waals surface area (Å²) in [5.41, 5.74) is 5.21. The Kier molecular flexibility index (Phi) is 4.08. The van der Waals surface area contributed by atoms with Crippen LogP contribution in [0.3, 0.4) is 0 Å². The molecule has 0 aliphatic carbocycles. The first-order valence-corrected chi connectivity index (χ1v) is 8.64. The highest BCUT2D eigenvalue weighted by molar-refractivity contribution is 5.85. The molecule has 0 spiro atoms. The van der Waals surface area contributed by atoms with Crippen LogP contribution in [0.25, 0.3) is 10.9 Å². The van der Waals surface area contributed by atoms with E-state index in [1.165, 1.54) is 27.7 Å². The van der Waals surface area contributed by atoms with E-state index in [2.05, 4.69) is 70.1 Å². The predicted molar refractivity (Wildman–Crippen MR) is 98.2 cm³/mol. The fourth-order valence-corrected chi connectivity index (χ4v) is 3.84. The number of para-hydroxylation sites is 1. The van der Waals surface area contributed by atoms with Crippen LogP contribution in [0, 0.1) is 6.92 Å². The maximum absolute atomic E-state index is 4.22. The molecule has 0 amide bonds. The van der Waals surface area contributed by atoms with Crippen LogP contribution in [0.4, 0.5) is 0 Å². The largest absolute Gasteiger partial charge is 0.358 e. The summed E-state index contributed by atoms with van der Waals surface area (Å²) in [5, 5.41) is 1.33. The van der Waals surface area contributed by atoms with Gasteiger partial charge in [-0.05, 0) is 37.7 Å². The van der Waals surface area contributed by atoms with Gasteiger partial charge in [0.05, 0.1) is 6.04 Å². The third kappa shape index (κ3) is 2.72. The van der Waals surface area contributed by atoms with E-state index in [1.807, 2.05) is 12.4 Å². The molecule has 1 aromatic carbocycles. The lowest BCUT2D eigenvalue weighted by atomic mass is 9.94. The molecule has 4 nitrogen and oxygen atoms in total. The van der Waals surface area contributed by atoms with Gasteiger partial charge in [0.1, 0.15) is 0 Å². The molecule has 4 heteroatoms. The number of fused-ring (bicyclic) bond motifs is 1. The van der Waals surface area contributed by atoms with Crippen molar-refractivity contribution in [3.8, 4) is 0 Å². The van der Waals surface area contributed by atoms with Crippen LogP contribution in [-0.2, 0) is 0 Å². The molecule has 124 valence electrons. The molecule has 1 unspecified atom stereocenters. The van der Waals surface area contributed by atoms with Gasteiger partial charge in [-0.15, -0.1) is 0 Å². The summed E-state index contributed by atoms with van der Waals surface area (Å²) in [7, 11) is 2.20. The van der Waals surface area contributed by atoms with E-state index in [4.69, 9.17) is 0 Å². The molecule has 3 heterocycles. The molecule has 1 N–H and O–H groups in total. The molecule has 0 radical (unpaired) electrons. The maximum Gasteiger partial charge on any atom is 0.0627 e. The molecule has 4 rings (SSSR count). The van der Waals surface area contributed by atoms with Crippen molar-refractivity contribution >= 4 is 10.9 Å². The number of H-pyrrole nitrogens is 1. The van der Waals surface area contributed by atoms with Crippen LogP contribution in [-0.4, -0.2) is 53.0 Å². The van der Waals surface area contributed by atoms with Crippen LogP contribution < -0.4 is 0 Å². The molecule has 3 aromatic rings. The van der Waals surface area contributed by atoms with Crippen LogP contribution in [0.5, 0.6) is 0 Å². The topological polar surface area (TPSA) is 35.2 Å². The smallest absolute Gasteiger partial charge is 0.0627 e. The zero-order valence-electron chi connectivity index (χ0n) is 14.4. The molecule has 1 aliphatic heterocycles. The third-order valence-electron chi connectivity index (χ3n) is 5.14. The Hall–Kier alpha value is -2.17. The number of pyridine rings is 1. The maximum atomic E-state index is 4.22. The quantitative estimate of drug-likeness (QED) is 0.805. The zero-order chi connectivity index (χ0) is 16.5. The SMILES string of the molecule is Cc1[nH]c2ccccc2c1C(c1ccncc1)N1CCN(C)CC1. The van der Waals surface area contributed by atoms with Gasteiger partial charge < -0.3 is 9.88 Å². The van der Waals surface area contributed by atoms with Crippen molar-refractivity contribution in [2.75, 3.05) is 33.2 Å². The number of hydrogen-bond donors (Lipinski definition) is 1. The van der Waals surface area contributed by atoms with Crippen molar-refractivity contribution in [2.24, 2.45) is 0 Å². The summed E-state index contributed by atoms with van der Waals surface area (Å²) in [5.74, 6) is 0. The van der Waals surface area contributed by atoms with E-state index in [9.17, 15) is 0 Å². The van der Waals surface area contributed by atoms with E-state index in [-0.39, 0.29) is 6.04 Å².